The van der Waals surface area contributed by atoms with Crippen molar-refractivity contribution in [3.63, 3.8) is 0 Å². The first kappa shape index (κ1) is 29.0. The van der Waals surface area contributed by atoms with Gasteiger partial charge in [0.15, 0.2) is 0 Å². The first-order valence-corrected chi connectivity index (χ1v) is 15.5. The predicted molar refractivity (Wildman–Crippen MR) is 162 cm³/mol. The highest BCUT2D eigenvalue weighted by molar-refractivity contribution is 9.10. The maximum absolute atomic E-state index is 13.8. The van der Waals surface area contributed by atoms with Crippen LogP contribution < -0.4 is 5.32 Å². The highest BCUT2D eigenvalue weighted by Crippen LogP contribution is 2.26. The molecule has 1 atom stereocenters. The van der Waals surface area contributed by atoms with Crippen molar-refractivity contribution < 1.29 is 9.59 Å². The number of carbonyl (C=O) groups excluding carboxylic acids is 2. The second-order valence-electron chi connectivity index (χ2n) is 9.59. The summed E-state index contributed by atoms with van der Waals surface area (Å²) in [5, 5.41) is 4.26. The summed E-state index contributed by atoms with van der Waals surface area (Å²) in [7, 11) is 0. The smallest absolute Gasteiger partial charge is 0.243 e. The molecule has 0 bridgehead atoms. The number of benzene rings is 3. The van der Waals surface area contributed by atoms with E-state index in [1.165, 1.54) is 11.8 Å². The molecule has 200 valence electrons. The molecular weight excluding hydrogens is 603 g/mol. The van der Waals surface area contributed by atoms with Crippen molar-refractivity contribution >= 4 is 62.7 Å². The average Bonchev–Trinajstić information content (AvgIpc) is 3.42. The SMILES string of the molecule is O=C(NC1CCCC1)C(Cc1ccccc1)N(Cc1cccc(Br)c1)C(=O)CSCc1ccc(Cl)c(Cl)c1. The van der Waals surface area contributed by atoms with Gasteiger partial charge in [0, 0.05) is 29.2 Å². The van der Waals surface area contributed by atoms with Crippen molar-refractivity contribution in [3.05, 3.63) is 104 Å². The number of thioether (sulfide) groups is 1. The Bertz CT molecular complexity index is 1240. The standard InChI is InChI=1S/C30H31BrCl2N2O2S/c31-24-10-6-9-22(15-24)18-35(29(36)20-38-19-23-13-14-26(32)27(33)16-23)28(17-21-7-2-1-3-8-21)30(37)34-25-11-4-5-12-25/h1-3,6-10,13-16,25,28H,4-5,11-12,17-20H2,(H,34,37). The van der Waals surface area contributed by atoms with Gasteiger partial charge in [-0.25, -0.2) is 0 Å². The minimum atomic E-state index is -0.616. The molecule has 38 heavy (non-hydrogen) atoms. The summed E-state index contributed by atoms with van der Waals surface area (Å²) < 4.78 is 0.936. The topological polar surface area (TPSA) is 49.4 Å². The van der Waals surface area contributed by atoms with E-state index >= 15 is 0 Å². The Morgan fingerprint density at radius 3 is 2.37 bits per heavy atom. The Labute approximate surface area is 247 Å². The number of rotatable bonds is 11. The molecule has 8 heteroatoms. The van der Waals surface area contributed by atoms with Crippen LogP contribution in [0.15, 0.2) is 77.3 Å². The summed E-state index contributed by atoms with van der Waals surface area (Å²) in [6.07, 6.45) is 4.68. The number of hydrogen-bond donors (Lipinski definition) is 1. The quantitative estimate of drug-likeness (QED) is 0.236. The number of halogens is 3. The molecule has 0 radical (unpaired) electrons. The van der Waals surface area contributed by atoms with Gasteiger partial charge in [0.25, 0.3) is 0 Å². The molecule has 1 aliphatic rings. The van der Waals surface area contributed by atoms with Gasteiger partial charge in [-0.05, 0) is 53.8 Å². The number of hydrogen-bond acceptors (Lipinski definition) is 3. The molecule has 0 aliphatic heterocycles. The molecule has 2 amide bonds. The first-order valence-electron chi connectivity index (χ1n) is 12.8. The van der Waals surface area contributed by atoms with Crippen molar-refractivity contribution in [2.75, 3.05) is 5.75 Å². The normalized spacial score (nSPS) is 14.3. The van der Waals surface area contributed by atoms with Gasteiger partial charge >= 0.3 is 0 Å². The van der Waals surface area contributed by atoms with Gasteiger partial charge in [-0.3, -0.25) is 9.59 Å². The molecule has 0 saturated heterocycles. The lowest BCUT2D eigenvalue weighted by atomic mass is 10.0. The minimum Gasteiger partial charge on any atom is -0.352 e. The van der Waals surface area contributed by atoms with Crippen molar-refractivity contribution in [2.45, 2.75) is 56.5 Å². The van der Waals surface area contributed by atoms with E-state index < -0.39 is 6.04 Å². The van der Waals surface area contributed by atoms with E-state index in [-0.39, 0.29) is 23.6 Å². The van der Waals surface area contributed by atoms with Gasteiger partial charge in [0.2, 0.25) is 11.8 Å². The number of amides is 2. The Hall–Kier alpha value is -1.99. The summed E-state index contributed by atoms with van der Waals surface area (Å²) in [5.74, 6) is 0.706. The van der Waals surface area contributed by atoms with Crippen LogP contribution in [0.25, 0.3) is 0 Å². The zero-order chi connectivity index (χ0) is 26.9. The largest absolute Gasteiger partial charge is 0.352 e. The Morgan fingerprint density at radius 2 is 1.66 bits per heavy atom. The molecular formula is C30H31BrCl2N2O2S. The molecule has 1 saturated carbocycles. The average molecular weight is 634 g/mol. The third kappa shape index (κ3) is 8.51. The van der Waals surface area contributed by atoms with Crippen molar-refractivity contribution in [3.8, 4) is 0 Å². The number of nitrogens with zero attached hydrogens (tertiary/aromatic N) is 1. The Morgan fingerprint density at radius 1 is 0.921 bits per heavy atom. The van der Waals surface area contributed by atoms with Gasteiger partial charge in [0.05, 0.1) is 15.8 Å². The van der Waals surface area contributed by atoms with Crippen LogP contribution >= 0.6 is 50.9 Å². The first-order chi connectivity index (χ1) is 18.4. The molecule has 3 aromatic rings. The fourth-order valence-electron chi connectivity index (χ4n) is 4.72. The van der Waals surface area contributed by atoms with Crippen LogP contribution in [0.1, 0.15) is 42.4 Å². The lowest BCUT2D eigenvalue weighted by Crippen LogP contribution is -2.52. The van der Waals surface area contributed by atoms with E-state index in [2.05, 4.69) is 21.2 Å². The van der Waals surface area contributed by atoms with Crippen LogP contribution in [0.2, 0.25) is 10.0 Å². The highest BCUT2D eigenvalue weighted by atomic mass is 79.9. The van der Waals surface area contributed by atoms with Crippen LogP contribution in [0.4, 0.5) is 0 Å². The van der Waals surface area contributed by atoms with Crippen LogP contribution in [-0.2, 0) is 28.3 Å². The van der Waals surface area contributed by atoms with Crippen molar-refractivity contribution in [1.29, 1.82) is 0 Å². The van der Waals surface area contributed by atoms with E-state index in [0.29, 0.717) is 28.8 Å². The monoisotopic (exact) mass is 632 g/mol. The molecule has 3 aromatic carbocycles. The van der Waals surface area contributed by atoms with Crippen LogP contribution in [0, 0.1) is 0 Å². The molecule has 0 heterocycles. The van der Waals surface area contributed by atoms with Gasteiger partial charge in [0.1, 0.15) is 6.04 Å². The van der Waals surface area contributed by atoms with Gasteiger partial charge < -0.3 is 10.2 Å². The van der Waals surface area contributed by atoms with E-state index in [4.69, 9.17) is 23.2 Å². The third-order valence-electron chi connectivity index (χ3n) is 6.69. The summed E-state index contributed by atoms with van der Waals surface area (Å²) in [6.45, 7) is 0.348. The molecule has 4 nitrogen and oxygen atoms in total. The van der Waals surface area contributed by atoms with Crippen molar-refractivity contribution in [1.82, 2.24) is 10.2 Å². The highest BCUT2D eigenvalue weighted by Gasteiger charge is 2.32. The summed E-state index contributed by atoms with van der Waals surface area (Å²) in [5.41, 5.74) is 2.99. The fraction of sp³-hybridized carbons (Fsp3) is 0.333. The third-order valence-corrected chi connectivity index (χ3v) is 8.91. The van der Waals surface area contributed by atoms with Crippen LogP contribution in [0.5, 0.6) is 0 Å². The maximum Gasteiger partial charge on any atom is 0.243 e. The van der Waals surface area contributed by atoms with Gasteiger partial charge in [-0.2, -0.15) is 0 Å². The van der Waals surface area contributed by atoms with Crippen LogP contribution in [-0.4, -0.2) is 34.6 Å². The van der Waals surface area contributed by atoms with Crippen LogP contribution in [0.3, 0.4) is 0 Å². The van der Waals surface area contributed by atoms with Gasteiger partial charge in [-0.15, -0.1) is 11.8 Å². The molecule has 1 aliphatic carbocycles. The van der Waals surface area contributed by atoms with E-state index in [1.54, 1.807) is 11.0 Å². The molecule has 0 spiro atoms. The Balaban J connectivity index is 1.56. The number of nitrogens with one attached hydrogen (secondary N) is 1. The lowest BCUT2D eigenvalue weighted by molar-refractivity contribution is -0.139. The molecule has 1 N–H and O–H groups in total. The van der Waals surface area contributed by atoms with E-state index in [1.807, 2.05) is 66.7 Å². The summed E-state index contributed by atoms with van der Waals surface area (Å²) >= 11 is 17.3. The summed E-state index contributed by atoms with van der Waals surface area (Å²) in [4.78, 5) is 29.3. The molecule has 4 rings (SSSR count). The minimum absolute atomic E-state index is 0.0717. The summed E-state index contributed by atoms with van der Waals surface area (Å²) in [6, 6.07) is 22.9. The maximum atomic E-state index is 13.8. The molecule has 1 fully saturated rings. The Kier molecular flexibility index (Phi) is 11.0. The second kappa shape index (κ2) is 14.4. The zero-order valence-electron chi connectivity index (χ0n) is 21.0. The van der Waals surface area contributed by atoms with E-state index in [0.717, 1.165) is 46.8 Å². The second-order valence-corrected chi connectivity index (χ2v) is 12.3. The molecule has 1 unspecified atom stereocenters. The zero-order valence-corrected chi connectivity index (χ0v) is 25.0. The lowest BCUT2D eigenvalue weighted by Gasteiger charge is -2.32. The van der Waals surface area contributed by atoms with E-state index in [9.17, 15) is 9.59 Å². The predicted octanol–water partition coefficient (Wildman–Crippen LogP) is 7.69. The fourth-order valence-corrected chi connectivity index (χ4v) is 6.35. The van der Waals surface area contributed by atoms with Crippen molar-refractivity contribution in [2.24, 2.45) is 0 Å². The number of carbonyl (C=O) groups is 2. The molecule has 0 aromatic heterocycles. The van der Waals surface area contributed by atoms with Gasteiger partial charge in [-0.1, -0.05) is 101 Å².